The molecule has 0 spiro atoms. The topological polar surface area (TPSA) is 162 Å². The second kappa shape index (κ2) is 13.9. The van der Waals surface area contributed by atoms with Gasteiger partial charge in [0.05, 0.1) is 23.2 Å². The van der Waals surface area contributed by atoms with E-state index in [9.17, 15) is 40.3 Å². The summed E-state index contributed by atoms with van der Waals surface area (Å²) < 4.78 is 93.1. The first kappa shape index (κ1) is 35.1. The number of nitrogens with one attached hydrogen (secondary N) is 2. The van der Waals surface area contributed by atoms with Crippen LogP contribution in [0.2, 0.25) is 0 Å². The zero-order valence-corrected chi connectivity index (χ0v) is 27.7. The Balaban J connectivity index is 1.44. The van der Waals surface area contributed by atoms with Gasteiger partial charge in [-0.3, -0.25) is 18.6 Å². The fourth-order valence-corrected chi connectivity index (χ4v) is 9.03. The number of rotatable bonds is 11. The maximum absolute atomic E-state index is 14.4. The highest BCUT2D eigenvalue weighted by Crippen LogP contribution is 2.56. The highest BCUT2D eigenvalue weighted by atomic mass is 32.3. The van der Waals surface area contributed by atoms with Crippen LogP contribution < -0.4 is 4.72 Å². The molecule has 6 rings (SSSR count). The van der Waals surface area contributed by atoms with E-state index in [0.29, 0.717) is 33.3 Å². The molecule has 1 fully saturated rings. The van der Waals surface area contributed by atoms with Crippen molar-refractivity contribution >= 4 is 43.7 Å². The number of imidazole rings is 1. The lowest BCUT2D eigenvalue weighted by molar-refractivity contribution is -0.227. The number of benzene rings is 4. The third-order valence-electron chi connectivity index (χ3n) is 8.25. The molecule has 0 bridgehead atoms. The van der Waals surface area contributed by atoms with E-state index in [1.54, 1.807) is 84.9 Å². The van der Waals surface area contributed by atoms with Gasteiger partial charge in [-0.1, -0.05) is 97.1 Å². The molecule has 11 nitrogen and oxygen atoms in total. The molecule has 0 radical (unpaired) electrons. The number of aromatic nitrogens is 2. The van der Waals surface area contributed by atoms with Crippen molar-refractivity contribution in [3.8, 4) is 0 Å². The quantitative estimate of drug-likeness (QED) is 0.111. The Morgan fingerprint density at radius 1 is 0.920 bits per heavy atom. The number of halogens is 3. The monoisotopic (exact) mass is 728 g/mol. The SMILES string of the molecule is O=C1CC(c2ccc(C[C@@H](c3nc4ccccc4[nH]3)N(OC(=O)C(F)(F)F)S(=O)(=O)CC(c3ccccc3)c3ccccc3)cc2)S(O)(O)N1. The highest BCUT2D eigenvalue weighted by molar-refractivity contribution is 8.23. The van der Waals surface area contributed by atoms with Crippen molar-refractivity contribution in [1.82, 2.24) is 19.2 Å². The summed E-state index contributed by atoms with van der Waals surface area (Å²) in [6, 6.07) is 28.1. The second-order valence-corrected chi connectivity index (χ2v) is 15.5. The normalized spacial score (nSPS) is 17.5. The summed E-state index contributed by atoms with van der Waals surface area (Å²) in [5, 5.41) is -0.937. The van der Waals surface area contributed by atoms with Crippen molar-refractivity contribution in [2.75, 3.05) is 5.75 Å². The predicted octanol–water partition coefficient (Wildman–Crippen LogP) is 6.56. The summed E-state index contributed by atoms with van der Waals surface area (Å²) >= 11 is 0. The van der Waals surface area contributed by atoms with Crippen LogP contribution in [0.3, 0.4) is 0 Å². The molecule has 5 aromatic rings. The van der Waals surface area contributed by atoms with Gasteiger partial charge in [0.15, 0.2) is 0 Å². The number of hydrogen-bond donors (Lipinski definition) is 4. The van der Waals surface area contributed by atoms with E-state index >= 15 is 0 Å². The molecule has 0 aliphatic carbocycles. The van der Waals surface area contributed by atoms with Crippen molar-refractivity contribution in [3.63, 3.8) is 0 Å². The number of para-hydroxylation sites is 2. The Kier molecular flexibility index (Phi) is 9.74. The number of hydrogen-bond acceptors (Lipinski definition) is 8. The van der Waals surface area contributed by atoms with E-state index in [1.807, 2.05) is 0 Å². The largest absolute Gasteiger partial charge is 0.492 e. The molecule has 1 saturated heterocycles. The minimum absolute atomic E-state index is 0.0868. The number of aromatic amines is 1. The van der Waals surface area contributed by atoms with E-state index in [0.717, 1.165) is 0 Å². The van der Waals surface area contributed by atoms with Crippen molar-refractivity contribution in [2.45, 2.75) is 36.2 Å². The minimum Gasteiger partial charge on any atom is -0.345 e. The third-order valence-corrected chi connectivity index (χ3v) is 11.6. The first-order chi connectivity index (χ1) is 23.7. The molecule has 1 aromatic heterocycles. The summed E-state index contributed by atoms with van der Waals surface area (Å²) in [5.74, 6) is -5.02. The molecule has 16 heteroatoms. The molecule has 1 amide bonds. The van der Waals surface area contributed by atoms with Crippen LogP contribution in [-0.4, -0.2) is 55.8 Å². The fraction of sp³-hybridized carbons (Fsp3) is 0.206. The number of amides is 1. The first-order valence-corrected chi connectivity index (χ1v) is 18.5. The van der Waals surface area contributed by atoms with Crippen LogP contribution in [-0.2, 0) is 30.9 Å². The van der Waals surface area contributed by atoms with Gasteiger partial charge in [-0.25, -0.2) is 18.2 Å². The van der Waals surface area contributed by atoms with Gasteiger partial charge >= 0.3 is 12.1 Å². The maximum atomic E-state index is 14.4. The molecule has 262 valence electrons. The van der Waals surface area contributed by atoms with Gasteiger partial charge in [-0.05, 0) is 45.3 Å². The summed E-state index contributed by atoms with van der Waals surface area (Å²) in [6.07, 6.45) is -6.04. The number of alkyl halides is 3. The summed E-state index contributed by atoms with van der Waals surface area (Å²) in [7, 11) is -8.37. The number of hydroxylamine groups is 1. The van der Waals surface area contributed by atoms with Crippen molar-refractivity contribution < 1.29 is 45.1 Å². The molecule has 1 unspecified atom stereocenters. The second-order valence-electron chi connectivity index (χ2n) is 11.7. The Bertz CT molecular complexity index is 2020. The van der Waals surface area contributed by atoms with Crippen molar-refractivity contribution in [1.29, 1.82) is 0 Å². The van der Waals surface area contributed by atoms with E-state index in [1.165, 1.54) is 24.3 Å². The standard InChI is InChI=1S/C34H31F3N4O7S2/c35-34(36,37)33(43)48-41(49(44,45)21-26(23-9-3-1-4-10-23)24-11-5-2-6-12-24)29(32-38-27-13-7-8-14-28(27)39-32)19-22-15-17-25(18-16-22)30-20-31(42)40-50(30,46)47/h1-18,26,29-30,46-47H,19-21H2,(H,38,39)(H,40,42)/t29-,30?/m0/s1. The van der Waals surface area contributed by atoms with E-state index in [-0.39, 0.29) is 23.1 Å². The average molecular weight is 729 g/mol. The minimum atomic E-state index is -5.54. The van der Waals surface area contributed by atoms with Gasteiger partial charge in [0.1, 0.15) is 17.1 Å². The van der Waals surface area contributed by atoms with Crippen LogP contribution in [0, 0.1) is 0 Å². The lowest BCUT2D eigenvalue weighted by Gasteiger charge is -2.33. The number of carbonyl (C=O) groups is 2. The molecular weight excluding hydrogens is 698 g/mol. The van der Waals surface area contributed by atoms with Crippen LogP contribution in [0.1, 0.15) is 51.7 Å². The number of carbonyl (C=O) groups excluding carboxylic acids is 2. The zero-order valence-electron chi connectivity index (χ0n) is 26.0. The van der Waals surface area contributed by atoms with Crippen molar-refractivity contribution in [3.05, 3.63) is 137 Å². The Morgan fingerprint density at radius 2 is 1.50 bits per heavy atom. The predicted molar refractivity (Wildman–Crippen MR) is 180 cm³/mol. The van der Waals surface area contributed by atoms with Gasteiger partial charge in [-0.2, -0.15) is 13.2 Å². The fourth-order valence-electron chi connectivity index (χ4n) is 5.85. The lowest BCUT2D eigenvalue weighted by atomic mass is 9.93. The van der Waals surface area contributed by atoms with E-state index in [4.69, 9.17) is 4.84 Å². The highest BCUT2D eigenvalue weighted by Gasteiger charge is 2.47. The Hall–Kier alpha value is -4.74. The number of nitrogens with zero attached hydrogens (tertiary/aromatic N) is 2. The van der Waals surface area contributed by atoms with Gasteiger partial charge in [0, 0.05) is 5.92 Å². The molecule has 4 aromatic carbocycles. The van der Waals surface area contributed by atoms with E-state index < -0.39 is 61.8 Å². The van der Waals surface area contributed by atoms with Crippen LogP contribution >= 0.6 is 10.8 Å². The molecule has 1 aliphatic rings. The van der Waals surface area contributed by atoms with Gasteiger partial charge in [-0.15, -0.1) is 10.8 Å². The third kappa shape index (κ3) is 7.69. The van der Waals surface area contributed by atoms with Crippen LogP contribution in [0.15, 0.2) is 109 Å². The smallest absolute Gasteiger partial charge is 0.345 e. The molecule has 2 heterocycles. The zero-order chi connectivity index (χ0) is 35.7. The van der Waals surface area contributed by atoms with Crippen LogP contribution in [0.5, 0.6) is 0 Å². The molecule has 0 saturated carbocycles. The Morgan fingerprint density at radius 3 is 2.04 bits per heavy atom. The van der Waals surface area contributed by atoms with Crippen LogP contribution in [0.25, 0.3) is 11.0 Å². The maximum Gasteiger partial charge on any atom is 0.492 e. The number of fused-ring (bicyclic) bond motifs is 1. The molecule has 4 N–H and O–H groups in total. The van der Waals surface area contributed by atoms with Gasteiger partial charge in [0.2, 0.25) is 15.9 Å². The summed E-state index contributed by atoms with van der Waals surface area (Å²) in [6.45, 7) is 0. The average Bonchev–Trinajstić information content (AvgIpc) is 3.64. The van der Waals surface area contributed by atoms with Crippen LogP contribution in [0.4, 0.5) is 13.2 Å². The molecular formula is C34H31F3N4O7S2. The molecule has 50 heavy (non-hydrogen) atoms. The number of sulfonamides is 1. The van der Waals surface area contributed by atoms with Gasteiger partial charge < -0.3 is 9.82 Å². The van der Waals surface area contributed by atoms with Crippen molar-refractivity contribution in [2.24, 2.45) is 0 Å². The van der Waals surface area contributed by atoms with Gasteiger partial charge in [0.25, 0.3) is 0 Å². The number of H-pyrrole nitrogens is 1. The first-order valence-electron chi connectivity index (χ1n) is 15.2. The Labute approximate surface area is 286 Å². The summed E-state index contributed by atoms with van der Waals surface area (Å²) in [4.78, 5) is 36.5. The molecule has 1 aliphatic heterocycles. The summed E-state index contributed by atoms with van der Waals surface area (Å²) in [5.41, 5.74) is 2.74. The van der Waals surface area contributed by atoms with E-state index in [2.05, 4.69) is 14.7 Å². The lowest BCUT2D eigenvalue weighted by Crippen LogP contribution is -2.43. The molecule has 2 atom stereocenters.